The van der Waals surface area contributed by atoms with Crippen molar-refractivity contribution in [2.45, 2.75) is 20.3 Å². The summed E-state index contributed by atoms with van der Waals surface area (Å²) in [4.78, 5) is 22.8. The van der Waals surface area contributed by atoms with Crippen molar-refractivity contribution >= 4 is 23.1 Å². The lowest BCUT2D eigenvalue weighted by Crippen LogP contribution is -2.14. The Balaban J connectivity index is 2.69. The van der Waals surface area contributed by atoms with E-state index in [-0.39, 0.29) is 12.2 Å². The number of rotatable bonds is 4. The van der Waals surface area contributed by atoms with Crippen LogP contribution in [0.25, 0.3) is 0 Å². The molecule has 1 heterocycles. The van der Waals surface area contributed by atoms with E-state index in [1.54, 1.807) is 6.92 Å². The van der Waals surface area contributed by atoms with Crippen molar-refractivity contribution in [3.8, 4) is 0 Å². The molecule has 1 unspecified atom stereocenters. The Kier molecular flexibility index (Phi) is 3.41. The fraction of sp³-hybridized carbons (Fsp3) is 0.400. The van der Waals surface area contributed by atoms with Crippen LogP contribution in [0.3, 0.4) is 0 Å². The van der Waals surface area contributed by atoms with Gasteiger partial charge in [0.05, 0.1) is 10.8 Å². The quantitative estimate of drug-likeness (QED) is 0.779. The van der Waals surface area contributed by atoms with E-state index in [0.717, 1.165) is 5.56 Å². The Morgan fingerprint density at radius 1 is 1.57 bits per heavy atom. The van der Waals surface area contributed by atoms with Crippen LogP contribution >= 0.6 is 11.3 Å². The number of ketones is 1. The van der Waals surface area contributed by atoms with Gasteiger partial charge in [0, 0.05) is 6.42 Å². The highest BCUT2D eigenvalue weighted by atomic mass is 32.1. The van der Waals surface area contributed by atoms with Crippen LogP contribution in [-0.4, -0.2) is 16.9 Å². The average molecular weight is 212 g/mol. The van der Waals surface area contributed by atoms with Gasteiger partial charge in [0.1, 0.15) is 0 Å². The van der Waals surface area contributed by atoms with Crippen LogP contribution < -0.4 is 0 Å². The van der Waals surface area contributed by atoms with Gasteiger partial charge >= 0.3 is 5.97 Å². The Labute approximate surface area is 86.4 Å². The molecule has 0 aromatic carbocycles. The smallest absolute Gasteiger partial charge is 0.306 e. The zero-order chi connectivity index (χ0) is 10.7. The van der Waals surface area contributed by atoms with Crippen molar-refractivity contribution in [1.29, 1.82) is 0 Å². The monoisotopic (exact) mass is 212 g/mol. The van der Waals surface area contributed by atoms with Gasteiger partial charge in [-0.05, 0) is 23.9 Å². The predicted octanol–water partition coefficient (Wildman–Crippen LogP) is 2.35. The fourth-order valence-corrected chi connectivity index (χ4v) is 1.99. The predicted molar refractivity (Wildman–Crippen MR) is 54.8 cm³/mol. The molecule has 0 aliphatic carbocycles. The topological polar surface area (TPSA) is 54.4 Å². The summed E-state index contributed by atoms with van der Waals surface area (Å²) in [6, 6.07) is 1.86. The second-order valence-corrected chi connectivity index (χ2v) is 4.22. The van der Waals surface area contributed by atoms with Crippen molar-refractivity contribution in [2.75, 3.05) is 0 Å². The normalized spacial score (nSPS) is 12.4. The number of carboxylic acids is 1. The van der Waals surface area contributed by atoms with Gasteiger partial charge in [0.25, 0.3) is 0 Å². The molecule has 14 heavy (non-hydrogen) atoms. The average Bonchev–Trinajstić information content (AvgIpc) is 2.51. The summed E-state index contributed by atoms with van der Waals surface area (Å²) in [5.74, 6) is -1.61. The molecule has 76 valence electrons. The standard InChI is InChI=1S/C10H12O3S/c1-6-3-4-14-9(6)8(11)5-7(2)10(12)13/h3-4,7H,5H2,1-2H3,(H,12,13). The number of hydrogen-bond donors (Lipinski definition) is 1. The minimum Gasteiger partial charge on any atom is -0.481 e. The lowest BCUT2D eigenvalue weighted by molar-refractivity contribution is -0.141. The SMILES string of the molecule is Cc1ccsc1C(=O)CC(C)C(=O)O. The van der Waals surface area contributed by atoms with Crippen LogP contribution in [0.1, 0.15) is 28.6 Å². The van der Waals surface area contributed by atoms with E-state index >= 15 is 0 Å². The van der Waals surface area contributed by atoms with Crippen LogP contribution in [0.15, 0.2) is 11.4 Å². The zero-order valence-corrected chi connectivity index (χ0v) is 8.93. The molecule has 0 saturated heterocycles. The summed E-state index contributed by atoms with van der Waals surface area (Å²) in [6.07, 6.45) is 0.0800. The van der Waals surface area contributed by atoms with E-state index in [9.17, 15) is 9.59 Å². The third-order valence-electron chi connectivity index (χ3n) is 2.03. The van der Waals surface area contributed by atoms with Gasteiger partial charge in [0.2, 0.25) is 0 Å². The summed E-state index contributed by atoms with van der Waals surface area (Å²) in [6.45, 7) is 3.40. The maximum absolute atomic E-state index is 11.6. The Morgan fingerprint density at radius 2 is 2.21 bits per heavy atom. The van der Waals surface area contributed by atoms with Crippen LogP contribution in [0.5, 0.6) is 0 Å². The van der Waals surface area contributed by atoms with Gasteiger partial charge in [0.15, 0.2) is 5.78 Å². The number of hydrogen-bond acceptors (Lipinski definition) is 3. The molecule has 1 aromatic heterocycles. The van der Waals surface area contributed by atoms with E-state index in [1.165, 1.54) is 11.3 Å². The van der Waals surface area contributed by atoms with E-state index in [0.29, 0.717) is 4.88 Å². The molecule has 1 atom stereocenters. The van der Waals surface area contributed by atoms with E-state index in [4.69, 9.17) is 5.11 Å². The molecule has 0 aliphatic heterocycles. The zero-order valence-electron chi connectivity index (χ0n) is 8.11. The molecule has 0 saturated carbocycles. The number of aryl methyl sites for hydroxylation is 1. The van der Waals surface area contributed by atoms with E-state index in [1.807, 2.05) is 18.4 Å². The molecule has 1 N–H and O–H groups in total. The van der Waals surface area contributed by atoms with Crippen LogP contribution in [0.2, 0.25) is 0 Å². The van der Waals surface area contributed by atoms with E-state index < -0.39 is 11.9 Å². The van der Waals surface area contributed by atoms with Gasteiger partial charge in [-0.2, -0.15) is 0 Å². The molecule has 1 aromatic rings. The molecule has 0 aliphatic rings. The third-order valence-corrected chi connectivity index (χ3v) is 3.09. The minimum atomic E-state index is -0.924. The first-order valence-corrected chi connectivity index (χ1v) is 5.20. The van der Waals surface area contributed by atoms with Crippen molar-refractivity contribution in [1.82, 2.24) is 0 Å². The van der Waals surface area contributed by atoms with Crippen molar-refractivity contribution < 1.29 is 14.7 Å². The number of carbonyl (C=O) groups excluding carboxylic acids is 1. The molecule has 0 radical (unpaired) electrons. The Hall–Kier alpha value is -1.16. The molecule has 0 amide bonds. The minimum absolute atomic E-state index is 0.0765. The number of carbonyl (C=O) groups is 2. The summed E-state index contributed by atoms with van der Waals surface area (Å²) in [7, 11) is 0. The largest absolute Gasteiger partial charge is 0.481 e. The maximum Gasteiger partial charge on any atom is 0.306 e. The first-order chi connectivity index (χ1) is 6.52. The molecule has 4 heteroatoms. The van der Waals surface area contributed by atoms with E-state index in [2.05, 4.69) is 0 Å². The highest BCUT2D eigenvalue weighted by Gasteiger charge is 2.18. The molecule has 0 bridgehead atoms. The number of thiophene rings is 1. The molecule has 0 fully saturated rings. The van der Waals surface area contributed by atoms with Crippen molar-refractivity contribution in [2.24, 2.45) is 5.92 Å². The van der Waals surface area contributed by atoms with Crippen molar-refractivity contribution in [3.63, 3.8) is 0 Å². The summed E-state index contributed by atoms with van der Waals surface area (Å²) in [5, 5.41) is 10.5. The van der Waals surface area contributed by atoms with Gasteiger partial charge in [-0.15, -0.1) is 11.3 Å². The van der Waals surface area contributed by atoms with Gasteiger partial charge in [-0.3, -0.25) is 9.59 Å². The second kappa shape index (κ2) is 4.37. The Bertz CT molecular complexity index is 354. The fourth-order valence-electron chi connectivity index (χ4n) is 1.12. The number of aliphatic carboxylic acids is 1. The highest BCUT2D eigenvalue weighted by Crippen LogP contribution is 2.19. The Morgan fingerprint density at radius 3 is 2.64 bits per heavy atom. The van der Waals surface area contributed by atoms with Crippen LogP contribution in [0.4, 0.5) is 0 Å². The van der Waals surface area contributed by atoms with Gasteiger partial charge in [-0.25, -0.2) is 0 Å². The molecular formula is C10H12O3S. The number of Topliss-reactive ketones (excluding diaryl/α,β-unsaturated/α-hetero) is 1. The lowest BCUT2D eigenvalue weighted by Gasteiger charge is -2.03. The molecular weight excluding hydrogens is 200 g/mol. The molecule has 0 spiro atoms. The van der Waals surface area contributed by atoms with Crippen LogP contribution in [0, 0.1) is 12.8 Å². The number of carboxylic acid groups (broad SMARTS) is 1. The molecule has 1 rings (SSSR count). The molecule has 3 nitrogen and oxygen atoms in total. The third kappa shape index (κ3) is 2.42. The summed E-state index contributed by atoms with van der Waals surface area (Å²) < 4.78 is 0. The first kappa shape index (κ1) is 10.9. The van der Waals surface area contributed by atoms with Gasteiger partial charge in [-0.1, -0.05) is 6.92 Å². The van der Waals surface area contributed by atoms with Gasteiger partial charge < -0.3 is 5.11 Å². The summed E-state index contributed by atoms with van der Waals surface area (Å²) in [5.41, 5.74) is 0.928. The lowest BCUT2D eigenvalue weighted by atomic mass is 10.0. The van der Waals surface area contributed by atoms with Crippen LogP contribution in [-0.2, 0) is 4.79 Å². The summed E-state index contributed by atoms with van der Waals surface area (Å²) >= 11 is 1.37. The highest BCUT2D eigenvalue weighted by molar-refractivity contribution is 7.12. The maximum atomic E-state index is 11.6. The second-order valence-electron chi connectivity index (χ2n) is 3.30. The first-order valence-electron chi connectivity index (χ1n) is 4.32. The van der Waals surface area contributed by atoms with Crippen molar-refractivity contribution in [3.05, 3.63) is 21.9 Å².